The van der Waals surface area contributed by atoms with Crippen LogP contribution in [0.25, 0.3) is 0 Å². The van der Waals surface area contributed by atoms with Crippen molar-refractivity contribution in [3.05, 3.63) is 0 Å². The molecule has 5 heteroatoms. The summed E-state index contributed by atoms with van der Waals surface area (Å²) in [6.07, 6.45) is 0. The minimum Gasteiger partial charge on any atom is -0.477 e. The average Bonchev–Trinajstić information content (AvgIpc) is 2.04. The number of hydrogen-bond acceptors (Lipinski definition) is 3. The third kappa shape index (κ3) is 71.9. The van der Waals surface area contributed by atoms with Crippen LogP contribution in [-0.4, -0.2) is 33.2 Å². The van der Waals surface area contributed by atoms with Crippen molar-refractivity contribution in [1.82, 2.24) is 0 Å². The number of carbonyl (C=O) groups is 2. The maximum atomic E-state index is 9.90. The third-order valence-corrected chi connectivity index (χ3v) is 0.843. The van der Waals surface area contributed by atoms with Crippen molar-refractivity contribution >= 4 is 26.1 Å². The molecule has 0 amide bonds. The summed E-state index contributed by atoms with van der Waals surface area (Å²) >= 11 is 0. The second kappa shape index (κ2) is 36.7. The third-order valence-electron chi connectivity index (χ3n) is 0.843. The average molecular weight is 234 g/mol. The molecule has 0 unspecified atom stereocenters. The van der Waals surface area contributed by atoms with Crippen LogP contribution in [0.2, 0.25) is 13.6 Å². The van der Waals surface area contributed by atoms with Crippen LogP contribution in [0.1, 0.15) is 44.1 Å². The molecule has 16 heavy (non-hydrogen) atoms. The van der Waals surface area contributed by atoms with Gasteiger partial charge in [-0.2, -0.15) is 0 Å². The van der Waals surface area contributed by atoms with E-state index in [0.29, 0.717) is 0 Å². The molecule has 0 fully saturated rings. The summed E-state index contributed by atoms with van der Waals surface area (Å²) in [5, 5.41) is 0. The predicted octanol–water partition coefficient (Wildman–Crippen LogP) is 3.97. The number of methoxy groups -OCH3 is 1. The summed E-state index contributed by atoms with van der Waals surface area (Å²) in [4.78, 5) is 19.7. The fourth-order valence-corrected chi connectivity index (χ4v) is 0.118. The molecule has 0 aliphatic rings. The molecular formula is C11H32B2O3. The minimum absolute atomic E-state index is 0. The van der Waals surface area contributed by atoms with Gasteiger partial charge in [-0.3, -0.25) is 4.79 Å². The van der Waals surface area contributed by atoms with E-state index in [2.05, 4.69) is 4.74 Å². The lowest BCUT2D eigenvalue weighted by atomic mass is 9.78. The van der Waals surface area contributed by atoms with Crippen LogP contribution >= 0.6 is 0 Å². The van der Waals surface area contributed by atoms with Gasteiger partial charge in [0.05, 0.1) is 12.8 Å². The monoisotopic (exact) mass is 234 g/mol. The number of rotatable bonds is 2. The van der Waals surface area contributed by atoms with Gasteiger partial charge in [0.15, 0.2) is 7.28 Å². The van der Waals surface area contributed by atoms with Gasteiger partial charge in [-0.15, -0.1) is 0 Å². The van der Waals surface area contributed by atoms with E-state index in [9.17, 15) is 9.59 Å². The van der Waals surface area contributed by atoms with Crippen molar-refractivity contribution in [2.45, 2.75) is 57.7 Å². The van der Waals surface area contributed by atoms with Crippen molar-refractivity contribution < 1.29 is 14.3 Å². The molecule has 0 saturated carbocycles. The second-order valence-corrected chi connectivity index (χ2v) is 1.71. The fraction of sp³-hybridized carbons (Fsp3) is 0.818. The highest BCUT2D eigenvalue weighted by Gasteiger charge is 1.90. The molecule has 0 bridgehead atoms. The normalized spacial score (nSPS) is 4.75. The number of ether oxygens (including phenoxy) is 1. The van der Waals surface area contributed by atoms with Gasteiger partial charge in [-0.05, 0) is 6.92 Å². The molecule has 0 aliphatic carbocycles. The molecule has 2 radical (unpaired) electrons. The van der Waals surface area contributed by atoms with E-state index in [1.165, 1.54) is 28.6 Å². The summed E-state index contributed by atoms with van der Waals surface area (Å²) in [5.41, 5.74) is 0.130. The van der Waals surface area contributed by atoms with Crippen molar-refractivity contribution in [1.29, 1.82) is 0 Å². The van der Waals surface area contributed by atoms with Crippen LogP contribution < -0.4 is 0 Å². The summed E-state index contributed by atoms with van der Waals surface area (Å²) in [6.45, 7) is 4.88. The van der Waals surface area contributed by atoms with Crippen molar-refractivity contribution in [3.63, 3.8) is 0 Å². The summed E-state index contributed by atoms with van der Waals surface area (Å²) in [5.74, 6) is -0.282. The zero-order valence-corrected chi connectivity index (χ0v) is 7.38. The number of hydrogen-bond donors (Lipinski definition) is 0. The zero-order chi connectivity index (χ0) is 9.28. The summed E-state index contributed by atoms with van der Waals surface area (Å²) in [7, 11) is 4.24. The van der Waals surface area contributed by atoms with Gasteiger partial charge in [0.25, 0.3) is 7.28 Å². The van der Waals surface area contributed by atoms with Gasteiger partial charge in [0, 0.05) is 0 Å². The topological polar surface area (TPSA) is 43.4 Å². The maximum absolute atomic E-state index is 9.90. The molecule has 0 N–H and O–H groups in total. The van der Waals surface area contributed by atoms with Gasteiger partial charge in [-0.1, -0.05) is 50.8 Å². The molecule has 3 nitrogen and oxygen atoms in total. The SMILES string of the molecule is C.C.C.C.C.C[B]C(=O)OC.C[B]C(C)=O. The predicted molar refractivity (Wildman–Crippen MR) is 80.0 cm³/mol. The van der Waals surface area contributed by atoms with Crippen molar-refractivity contribution in [3.8, 4) is 0 Å². The van der Waals surface area contributed by atoms with E-state index in [0.717, 1.165) is 0 Å². The first-order valence-electron chi connectivity index (χ1n) is 3.25. The van der Waals surface area contributed by atoms with E-state index < -0.39 is 0 Å². The van der Waals surface area contributed by atoms with Crippen LogP contribution in [0.4, 0.5) is 4.79 Å². The van der Waals surface area contributed by atoms with E-state index in [1.54, 1.807) is 13.6 Å². The molecule has 0 atom stereocenters. The largest absolute Gasteiger partial charge is 0.477 e. The zero-order valence-electron chi connectivity index (χ0n) is 7.38. The molecule has 100 valence electrons. The van der Waals surface area contributed by atoms with Gasteiger partial charge in [-0.25, -0.2) is 0 Å². The summed E-state index contributed by atoms with van der Waals surface area (Å²) in [6, 6.07) is 0. The van der Waals surface area contributed by atoms with Crippen LogP contribution in [0.15, 0.2) is 0 Å². The van der Waals surface area contributed by atoms with Crippen molar-refractivity contribution in [2.75, 3.05) is 7.11 Å². The molecule has 0 spiro atoms. The first-order valence-corrected chi connectivity index (χ1v) is 3.25. The molecular weight excluding hydrogens is 202 g/mol. The van der Waals surface area contributed by atoms with Crippen molar-refractivity contribution in [2.24, 2.45) is 0 Å². The van der Waals surface area contributed by atoms with E-state index >= 15 is 0 Å². The summed E-state index contributed by atoms with van der Waals surface area (Å²) < 4.78 is 4.20. The molecule has 0 heterocycles. The second-order valence-electron chi connectivity index (χ2n) is 1.71. The first-order chi connectivity index (χ1) is 5.08. The Hall–Kier alpha value is -0.730. The number of carbonyl (C=O) groups excluding carboxylic acids is 2. The quantitative estimate of drug-likeness (QED) is 0.678. The molecule has 0 aliphatic heterocycles. The standard InChI is InChI=1S/C3H6BO2.C3H6BO.5CH4/c1-4-3(5)6-2;1-3(5)4-2;;;;;/h1-2H3;1-2H3;5*1H4. The maximum Gasteiger partial charge on any atom is 0.257 e. The highest BCUT2D eigenvalue weighted by atomic mass is 16.5. The van der Waals surface area contributed by atoms with Gasteiger partial charge in [0.2, 0.25) is 5.87 Å². The molecule has 0 aromatic heterocycles. The van der Waals surface area contributed by atoms with E-state index in [4.69, 9.17) is 0 Å². The Labute approximate surface area is 106 Å². The molecule has 0 saturated heterocycles. The Morgan fingerprint density at radius 1 is 0.875 bits per heavy atom. The Kier molecular flexibility index (Phi) is 104. The van der Waals surface area contributed by atoms with E-state index in [-0.39, 0.29) is 48.7 Å². The Morgan fingerprint density at radius 2 is 1.12 bits per heavy atom. The Morgan fingerprint density at radius 3 is 1.12 bits per heavy atom. The minimum atomic E-state index is -0.282. The van der Waals surface area contributed by atoms with Gasteiger partial charge < -0.3 is 9.53 Å². The molecule has 0 aromatic carbocycles. The van der Waals surface area contributed by atoms with Crippen LogP contribution in [0.3, 0.4) is 0 Å². The lowest BCUT2D eigenvalue weighted by molar-refractivity contribution is -0.110. The van der Waals surface area contributed by atoms with Gasteiger partial charge in [0.1, 0.15) is 0 Å². The highest BCUT2D eigenvalue weighted by Crippen LogP contribution is 1.69. The first kappa shape index (κ1) is 45.5. The smallest absolute Gasteiger partial charge is 0.257 e. The van der Waals surface area contributed by atoms with Crippen LogP contribution in [0.5, 0.6) is 0 Å². The fourth-order valence-electron chi connectivity index (χ4n) is 0.118. The Bertz CT molecular complexity index is 122. The Balaban J connectivity index is -0.0000000155. The van der Waals surface area contributed by atoms with E-state index in [1.807, 2.05) is 0 Å². The lowest BCUT2D eigenvalue weighted by Gasteiger charge is -1.86. The highest BCUT2D eigenvalue weighted by molar-refractivity contribution is 6.72. The van der Waals surface area contributed by atoms with Crippen LogP contribution in [-0.2, 0) is 9.53 Å². The van der Waals surface area contributed by atoms with Gasteiger partial charge >= 0.3 is 0 Å². The van der Waals surface area contributed by atoms with Crippen LogP contribution in [0, 0.1) is 0 Å². The molecule has 0 rings (SSSR count). The molecule has 0 aromatic rings. The lowest BCUT2D eigenvalue weighted by Crippen LogP contribution is -2.02.